The first kappa shape index (κ1) is 15.4. The number of carbonyl (C=O) groups is 1. The highest BCUT2D eigenvalue weighted by molar-refractivity contribution is 5.93. The van der Waals surface area contributed by atoms with Crippen molar-refractivity contribution in [2.24, 2.45) is 0 Å². The Morgan fingerprint density at radius 2 is 2.32 bits per heavy atom. The summed E-state index contributed by atoms with van der Waals surface area (Å²) in [4.78, 5) is 26.5. The number of furan rings is 1. The third-order valence-electron chi connectivity index (χ3n) is 4.39. The second kappa shape index (κ2) is 6.43. The van der Waals surface area contributed by atoms with Gasteiger partial charge in [-0.25, -0.2) is 9.97 Å². The van der Waals surface area contributed by atoms with Crippen LogP contribution in [0.1, 0.15) is 22.5 Å². The average Bonchev–Trinajstić information content (AvgIpc) is 3.36. The standard InChI is InChI=1S/C18H19N5O2/c1-12-6-10-25-16(12)17(24)21-13-5-9-23(11-13)18-20-8-4-15(22-18)14-3-2-7-19-14/h2-4,6-8,10,13,19H,5,9,11H2,1H3,(H,21,24). The molecule has 1 saturated heterocycles. The van der Waals surface area contributed by atoms with E-state index in [1.54, 1.807) is 12.3 Å². The van der Waals surface area contributed by atoms with Crippen molar-refractivity contribution in [2.75, 3.05) is 18.0 Å². The average molecular weight is 337 g/mol. The van der Waals surface area contributed by atoms with Gasteiger partial charge in [0, 0.05) is 37.1 Å². The fraction of sp³-hybridized carbons (Fsp3) is 0.278. The smallest absolute Gasteiger partial charge is 0.287 e. The number of nitrogens with zero attached hydrogens (tertiary/aromatic N) is 3. The van der Waals surface area contributed by atoms with Crippen LogP contribution in [0.2, 0.25) is 0 Å². The summed E-state index contributed by atoms with van der Waals surface area (Å²) >= 11 is 0. The van der Waals surface area contributed by atoms with Crippen LogP contribution in [0.4, 0.5) is 5.95 Å². The van der Waals surface area contributed by atoms with Gasteiger partial charge in [0.1, 0.15) is 0 Å². The van der Waals surface area contributed by atoms with Crippen LogP contribution in [0, 0.1) is 6.92 Å². The lowest BCUT2D eigenvalue weighted by Gasteiger charge is -2.17. The van der Waals surface area contributed by atoms with E-state index in [2.05, 4.69) is 25.2 Å². The van der Waals surface area contributed by atoms with Crippen molar-refractivity contribution in [3.8, 4) is 11.4 Å². The molecule has 0 aliphatic carbocycles. The number of aromatic amines is 1. The van der Waals surface area contributed by atoms with Crippen LogP contribution < -0.4 is 10.2 Å². The minimum absolute atomic E-state index is 0.0507. The summed E-state index contributed by atoms with van der Waals surface area (Å²) in [5.41, 5.74) is 2.66. The van der Waals surface area contributed by atoms with Crippen molar-refractivity contribution in [2.45, 2.75) is 19.4 Å². The van der Waals surface area contributed by atoms with Crippen molar-refractivity contribution in [3.63, 3.8) is 0 Å². The molecule has 25 heavy (non-hydrogen) atoms. The number of nitrogens with one attached hydrogen (secondary N) is 2. The van der Waals surface area contributed by atoms with Gasteiger partial charge in [-0.15, -0.1) is 0 Å². The first-order valence-electron chi connectivity index (χ1n) is 8.27. The fourth-order valence-electron chi connectivity index (χ4n) is 3.06. The van der Waals surface area contributed by atoms with Crippen LogP contribution >= 0.6 is 0 Å². The molecular formula is C18H19N5O2. The van der Waals surface area contributed by atoms with E-state index in [9.17, 15) is 4.79 Å². The number of hydrogen-bond donors (Lipinski definition) is 2. The molecule has 4 heterocycles. The number of amides is 1. The number of H-pyrrole nitrogens is 1. The zero-order chi connectivity index (χ0) is 17.2. The monoisotopic (exact) mass is 337 g/mol. The van der Waals surface area contributed by atoms with Crippen molar-refractivity contribution >= 4 is 11.9 Å². The molecule has 1 fully saturated rings. The van der Waals surface area contributed by atoms with Gasteiger partial charge in [0.25, 0.3) is 5.91 Å². The minimum atomic E-state index is -0.171. The molecule has 7 nitrogen and oxygen atoms in total. The van der Waals surface area contributed by atoms with E-state index < -0.39 is 0 Å². The van der Waals surface area contributed by atoms with Gasteiger partial charge >= 0.3 is 0 Å². The molecule has 7 heteroatoms. The predicted octanol–water partition coefficient (Wildman–Crippen LogP) is 2.38. The van der Waals surface area contributed by atoms with E-state index in [1.165, 1.54) is 6.26 Å². The zero-order valence-electron chi connectivity index (χ0n) is 13.9. The number of aryl methyl sites for hydroxylation is 1. The molecule has 0 aromatic carbocycles. The molecule has 0 radical (unpaired) electrons. The highest BCUT2D eigenvalue weighted by Gasteiger charge is 2.27. The number of aromatic nitrogens is 3. The lowest BCUT2D eigenvalue weighted by atomic mass is 10.2. The molecule has 3 aromatic rings. The molecule has 1 amide bonds. The Bertz CT molecular complexity index is 871. The Kier molecular flexibility index (Phi) is 3.97. The molecular weight excluding hydrogens is 318 g/mol. The van der Waals surface area contributed by atoms with Crippen LogP contribution in [0.5, 0.6) is 0 Å². The molecule has 1 aliphatic rings. The van der Waals surface area contributed by atoms with Crippen LogP contribution in [0.3, 0.4) is 0 Å². The van der Waals surface area contributed by atoms with Gasteiger partial charge in [0.2, 0.25) is 5.95 Å². The van der Waals surface area contributed by atoms with Crippen LogP contribution in [0.15, 0.2) is 47.3 Å². The summed E-state index contributed by atoms with van der Waals surface area (Å²) in [5.74, 6) is 0.886. The summed E-state index contributed by atoms with van der Waals surface area (Å²) < 4.78 is 5.25. The second-order valence-electron chi connectivity index (χ2n) is 6.16. The van der Waals surface area contributed by atoms with E-state index in [0.717, 1.165) is 29.9 Å². The van der Waals surface area contributed by atoms with Crippen molar-refractivity contribution in [1.82, 2.24) is 20.3 Å². The SMILES string of the molecule is Cc1ccoc1C(=O)NC1CCN(c2nccc(-c3ccc[nH]3)n2)C1. The Labute approximate surface area is 145 Å². The number of hydrogen-bond acceptors (Lipinski definition) is 5. The van der Waals surface area contributed by atoms with Gasteiger partial charge in [0.15, 0.2) is 5.76 Å². The molecule has 1 atom stereocenters. The molecule has 1 unspecified atom stereocenters. The van der Waals surface area contributed by atoms with Crippen molar-refractivity contribution < 1.29 is 9.21 Å². The Morgan fingerprint density at radius 1 is 1.40 bits per heavy atom. The number of anilines is 1. The predicted molar refractivity (Wildman–Crippen MR) is 93.3 cm³/mol. The highest BCUT2D eigenvalue weighted by Crippen LogP contribution is 2.20. The molecule has 1 aliphatic heterocycles. The molecule has 128 valence electrons. The van der Waals surface area contributed by atoms with Crippen LogP contribution in [-0.4, -0.2) is 40.0 Å². The zero-order valence-corrected chi connectivity index (χ0v) is 13.9. The topological polar surface area (TPSA) is 87.0 Å². The molecule has 2 N–H and O–H groups in total. The maximum Gasteiger partial charge on any atom is 0.287 e. The van der Waals surface area contributed by atoms with E-state index in [1.807, 2.05) is 31.3 Å². The van der Waals surface area contributed by atoms with E-state index >= 15 is 0 Å². The van der Waals surface area contributed by atoms with Crippen molar-refractivity contribution in [3.05, 3.63) is 54.2 Å². The van der Waals surface area contributed by atoms with Gasteiger partial charge in [-0.3, -0.25) is 4.79 Å². The lowest BCUT2D eigenvalue weighted by molar-refractivity contribution is 0.0911. The highest BCUT2D eigenvalue weighted by atomic mass is 16.3. The summed E-state index contributed by atoms with van der Waals surface area (Å²) in [7, 11) is 0. The Hall–Kier alpha value is -3.09. The normalized spacial score (nSPS) is 17.0. The van der Waals surface area contributed by atoms with E-state index in [-0.39, 0.29) is 11.9 Å². The van der Waals surface area contributed by atoms with Gasteiger partial charge < -0.3 is 19.6 Å². The first-order chi connectivity index (χ1) is 12.2. The third kappa shape index (κ3) is 3.13. The summed E-state index contributed by atoms with van der Waals surface area (Å²) in [5, 5.41) is 3.03. The summed E-state index contributed by atoms with van der Waals surface area (Å²) in [6.45, 7) is 3.34. The fourth-order valence-corrected chi connectivity index (χ4v) is 3.06. The molecule has 3 aromatic heterocycles. The third-order valence-corrected chi connectivity index (χ3v) is 4.39. The largest absolute Gasteiger partial charge is 0.459 e. The summed E-state index contributed by atoms with van der Waals surface area (Å²) in [6, 6.07) is 7.63. The van der Waals surface area contributed by atoms with Crippen LogP contribution in [-0.2, 0) is 0 Å². The number of carbonyl (C=O) groups excluding carboxylic acids is 1. The lowest BCUT2D eigenvalue weighted by Crippen LogP contribution is -2.37. The first-order valence-corrected chi connectivity index (χ1v) is 8.27. The Balaban J connectivity index is 1.43. The van der Waals surface area contributed by atoms with Gasteiger partial charge in [-0.05, 0) is 37.6 Å². The molecule has 0 bridgehead atoms. The summed E-state index contributed by atoms with van der Waals surface area (Å²) in [6.07, 6.45) is 6.01. The molecule has 4 rings (SSSR count). The maximum absolute atomic E-state index is 12.3. The molecule has 0 saturated carbocycles. The maximum atomic E-state index is 12.3. The van der Waals surface area contributed by atoms with Gasteiger partial charge in [0.05, 0.1) is 17.7 Å². The Morgan fingerprint density at radius 3 is 3.08 bits per heavy atom. The van der Waals surface area contributed by atoms with E-state index in [0.29, 0.717) is 18.3 Å². The molecule has 0 spiro atoms. The van der Waals surface area contributed by atoms with Gasteiger partial charge in [-0.2, -0.15) is 0 Å². The number of rotatable bonds is 4. The van der Waals surface area contributed by atoms with Gasteiger partial charge in [-0.1, -0.05) is 0 Å². The minimum Gasteiger partial charge on any atom is -0.459 e. The van der Waals surface area contributed by atoms with Crippen LogP contribution in [0.25, 0.3) is 11.4 Å². The van der Waals surface area contributed by atoms with Crippen molar-refractivity contribution in [1.29, 1.82) is 0 Å². The quantitative estimate of drug-likeness (QED) is 0.763. The van der Waals surface area contributed by atoms with E-state index in [4.69, 9.17) is 4.42 Å². The second-order valence-corrected chi connectivity index (χ2v) is 6.16.